The number of hydrogen-bond acceptors (Lipinski definition) is 1. The van der Waals surface area contributed by atoms with E-state index in [9.17, 15) is 18.0 Å². The van der Waals surface area contributed by atoms with Gasteiger partial charge in [-0.15, -0.1) is 0 Å². The van der Waals surface area contributed by atoms with Crippen molar-refractivity contribution in [1.29, 1.82) is 0 Å². The number of halogens is 3. The van der Waals surface area contributed by atoms with Crippen LogP contribution < -0.4 is 5.32 Å². The Hall–Kier alpha value is -0.940. The third kappa shape index (κ3) is 4.04. The summed E-state index contributed by atoms with van der Waals surface area (Å²) >= 11 is 0. The minimum atomic E-state index is -4.13. The average Bonchev–Trinajstić information content (AvgIpc) is 2.40. The number of nitrogens with one attached hydrogen (secondary N) is 1. The monoisotopic (exact) mass is 306 g/mol. The molecule has 1 aliphatic heterocycles. The minimum absolute atomic E-state index is 0.0188. The Morgan fingerprint density at radius 3 is 2.29 bits per heavy atom. The van der Waals surface area contributed by atoms with E-state index in [1.54, 1.807) is 0 Å². The fraction of sp³-hybridized carbons (Fsp3) is 0.933. The van der Waals surface area contributed by atoms with Crippen LogP contribution in [-0.2, 0) is 0 Å². The SMILES string of the molecule is CC1(C)CCCCC1NC(=O)N1CCC(C(F)(F)F)CC1. The molecule has 1 aliphatic carbocycles. The molecule has 1 saturated carbocycles. The highest BCUT2D eigenvalue weighted by Gasteiger charge is 2.42. The number of amides is 2. The minimum Gasteiger partial charge on any atom is -0.335 e. The van der Waals surface area contributed by atoms with Crippen molar-refractivity contribution in [2.75, 3.05) is 13.1 Å². The summed E-state index contributed by atoms with van der Waals surface area (Å²) in [4.78, 5) is 13.8. The van der Waals surface area contributed by atoms with Crippen molar-refractivity contribution >= 4 is 6.03 Å². The molecule has 0 aromatic rings. The maximum absolute atomic E-state index is 12.6. The maximum atomic E-state index is 12.6. The molecule has 2 aliphatic rings. The Labute approximate surface area is 124 Å². The van der Waals surface area contributed by atoms with Crippen molar-refractivity contribution in [2.24, 2.45) is 11.3 Å². The summed E-state index contributed by atoms with van der Waals surface area (Å²) in [6, 6.07) is -0.0744. The second-order valence-corrected chi connectivity index (χ2v) is 7.04. The molecular weight excluding hydrogens is 281 g/mol. The lowest BCUT2D eigenvalue weighted by Crippen LogP contribution is -2.53. The Bertz CT molecular complexity index is 374. The Morgan fingerprint density at radius 1 is 1.14 bits per heavy atom. The maximum Gasteiger partial charge on any atom is 0.391 e. The second-order valence-electron chi connectivity index (χ2n) is 7.04. The van der Waals surface area contributed by atoms with Crippen LogP contribution in [0.2, 0.25) is 0 Å². The Balaban J connectivity index is 1.85. The van der Waals surface area contributed by atoms with Crippen molar-refractivity contribution in [3.63, 3.8) is 0 Å². The molecule has 3 nitrogen and oxygen atoms in total. The normalized spacial score (nSPS) is 27.5. The van der Waals surface area contributed by atoms with Gasteiger partial charge in [0.1, 0.15) is 0 Å². The van der Waals surface area contributed by atoms with Gasteiger partial charge in [0.25, 0.3) is 0 Å². The molecule has 0 aromatic heterocycles. The lowest BCUT2D eigenvalue weighted by Gasteiger charge is -2.41. The zero-order valence-electron chi connectivity index (χ0n) is 12.8. The molecule has 0 bridgehead atoms. The van der Waals surface area contributed by atoms with E-state index < -0.39 is 12.1 Å². The molecule has 122 valence electrons. The molecule has 1 N–H and O–H groups in total. The fourth-order valence-corrected chi connectivity index (χ4v) is 3.41. The van der Waals surface area contributed by atoms with E-state index in [1.807, 2.05) is 0 Å². The first-order valence-electron chi connectivity index (χ1n) is 7.82. The smallest absolute Gasteiger partial charge is 0.335 e. The summed E-state index contributed by atoms with van der Waals surface area (Å²) < 4.78 is 37.9. The summed E-state index contributed by atoms with van der Waals surface area (Å²) in [5.74, 6) is -1.26. The van der Waals surface area contributed by atoms with E-state index in [0.29, 0.717) is 0 Å². The number of nitrogens with zero attached hydrogens (tertiary/aromatic N) is 1. The predicted octanol–water partition coefficient (Wildman–Crippen LogP) is 3.94. The van der Waals surface area contributed by atoms with Gasteiger partial charge in [0, 0.05) is 19.1 Å². The van der Waals surface area contributed by atoms with Gasteiger partial charge in [-0.25, -0.2) is 4.79 Å². The fourth-order valence-electron chi connectivity index (χ4n) is 3.41. The van der Waals surface area contributed by atoms with Gasteiger partial charge in [-0.1, -0.05) is 26.7 Å². The zero-order chi connectivity index (χ0) is 15.7. The van der Waals surface area contributed by atoms with E-state index >= 15 is 0 Å². The number of carbonyl (C=O) groups is 1. The quantitative estimate of drug-likeness (QED) is 0.782. The average molecular weight is 306 g/mol. The molecule has 1 heterocycles. The van der Waals surface area contributed by atoms with Gasteiger partial charge in [0.2, 0.25) is 0 Å². The Kier molecular flexibility index (Phi) is 4.73. The van der Waals surface area contributed by atoms with Crippen LogP contribution in [0.15, 0.2) is 0 Å². The van der Waals surface area contributed by atoms with Gasteiger partial charge in [-0.2, -0.15) is 13.2 Å². The number of likely N-dealkylation sites (tertiary alicyclic amines) is 1. The van der Waals surface area contributed by atoms with Crippen LogP contribution in [0.5, 0.6) is 0 Å². The highest BCUT2D eigenvalue weighted by molar-refractivity contribution is 5.74. The predicted molar refractivity (Wildman–Crippen MR) is 74.9 cm³/mol. The van der Waals surface area contributed by atoms with E-state index in [0.717, 1.165) is 19.3 Å². The zero-order valence-corrected chi connectivity index (χ0v) is 12.8. The van der Waals surface area contributed by atoms with Crippen molar-refractivity contribution in [3.8, 4) is 0 Å². The lowest BCUT2D eigenvalue weighted by atomic mass is 9.73. The summed E-state index contributed by atoms with van der Waals surface area (Å²) in [7, 11) is 0. The molecule has 6 heteroatoms. The summed E-state index contributed by atoms with van der Waals surface area (Å²) in [5.41, 5.74) is 0.0677. The molecule has 2 fully saturated rings. The topological polar surface area (TPSA) is 32.3 Å². The highest BCUT2D eigenvalue weighted by Crippen LogP contribution is 2.36. The van der Waals surface area contributed by atoms with Gasteiger partial charge in [0.15, 0.2) is 0 Å². The van der Waals surface area contributed by atoms with Gasteiger partial charge in [-0.05, 0) is 31.1 Å². The molecule has 0 aromatic carbocycles. The van der Waals surface area contributed by atoms with Crippen molar-refractivity contribution in [2.45, 2.75) is 64.6 Å². The number of rotatable bonds is 1. The summed E-state index contributed by atoms with van der Waals surface area (Å²) in [6.07, 6.45) is 0.219. The Morgan fingerprint density at radius 2 is 1.76 bits per heavy atom. The summed E-state index contributed by atoms with van der Waals surface area (Å²) in [6.45, 7) is 4.69. The van der Waals surface area contributed by atoms with E-state index in [4.69, 9.17) is 0 Å². The molecule has 2 amide bonds. The van der Waals surface area contributed by atoms with Crippen molar-refractivity contribution in [3.05, 3.63) is 0 Å². The first-order chi connectivity index (χ1) is 9.70. The molecule has 1 atom stereocenters. The van der Waals surface area contributed by atoms with Gasteiger partial charge < -0.3 is 10.2 Å². The van der Waals surface area contributed by atoms with Crippen LogP contribution in [0.4, 0.5) is 18.0 Å². The van der Waals surface area contributed by atoms with Crippen molar-refractivity contribution in [1.82, 2.24) is 10.2 Å². The standard InChI is InChI=1S/C15H25F3N2O/c1-14(2)8-4-3-5-12(14)19-13(21)20-9-6-11(7-10-20)15(16,17)18/h11-12H,3-10H2,1-2H3,(H,19,21). The van der Waals surface area contributed by atoms with E-state index in [1.165, 1.54) is 11.3 Å². The van der Waals surface area contributed by atoms with Crippen LogP contribution in [0.1, 0.15) is 52.4 Å². The molecule has 21 heavy (non-hydrogen) atoms. The first-order valence-corrected chi connectivity index (χ1v) is 7.82. The largest absolute Gasteiger partial charge is 0.391 e. The van der Waals surface area contributed by atoms with Crippen LogP contribution in [0.3, 0.4) is 0 Å². The number of carbonyl (C=O) groups excluding carboxylic acids is 1. The number of alkyl halides is 3. The van der Waals surface area contributed by atoms with Gasteiger partial charge >= 0.3 is 12.2 Å². The third-order valence-corrected chi connectivity index (χ3v) is 5.05. The van der Waals surface area contributed by atoms with E-state index in [2.05, 4.69) is 19.2 Å². The van der Waals surface area contributed by atoms with Crippen LogP contribution in [0, 0.1) is 11.3 Å². The number of piperidine rings is 1. The molecule has 0 radical (unpaired) electrons. The number of urea groups is 1. The molecule has 0 spiro atoms. The van der Waals surface area contributed by atoms with E-state index in [-0.39, 0.29) is 43.4 Å². The first kappa shape index (κ1) is 16.4. The number of hydrogen-bond donors (Lipinski definition) is 1. The van der Waals surface area contributed by atoms with Gasteiger partial charge in [0.05, 0.1) is 5.92 Å². The van der Waals surface area contributed by atoms with Gasteiger partial charge in [-0.3, -0.25) is 0 Å². The summed E-state index contributed by atoms with van der Waals surface area (Å²) in [5, 5.41) is 3.04. The lowest BCUT2D eigenvalue weighted by molar-refractivity contribution is -0.183. The molecule has 2 rings (SSSR count). The molecule has 1 unspecified atom stereocenters. The van der Waals surface area contributed by atoms with Crippen molar-refractivity contribution < 1.29 is 18.0 Å². The third-order valence-electron chi connectivity index (χ3n) is 5.05. The second kappa shape index (κ2) is 6.05. The molecular formula is C15H25F3N2O. The van der Waals surface area contributed by atoms with Crippen LogP contribution in [-0.4, -0.2) is 36.2 Å². The van der Waals surface area contributed by atoms with Crippen LogP contribution >= 0.6 is 0 Å². The van der Waals surface area contributed by atoms with Crippen LogP contribution in [0.25, 0.3) is 0 Å². The molecule has 1 saturated heterocycles. The highest BCUT2D eigenvalue weighted by atomic mass is 19.4.